The highest BCUT2D eigenvalue weighted by Gasteiger charge is 2.14. The smallest absolute Gasteiger partial charge is 0.256 e. The third-order valence-corrected chi connectivity index (χ3v) is 3.32. The van der Waals surface area contributed by atoms with Crippen molar-refractivity contribution in [3.05, 3.63) is 48.2 Å². The second-order valence-corrected chi connectivity index (χ2v) is 4.80. The number of carbonyl (C=O) groups is 1. The SMILES string of the molecule is O=C(Nc1ccnc(N2CCNCC2)n1)c1ccccc1. The Morgan fingerprint density at radius 1 is 1.14 bits per heavy atom. The van der Waals surface area contributed by atoms with Gasteiger partial charge < -0.3 is 15.5 Å². The molecule has 0 radical (unpaired) electrons. The van der Waals surface area contributed by atoms with Gasteiger partial charge in [-0.3, -0.25) is 4.79 Å². The lowest BCUT2D eigenvalue weighted by Crippen LogP contribution is -2.44. The van der Waals surface area contributed by atoms with Crippen molar-refractivity contribution in [1.29, 1.82) is 0 Å². The van der Waals surface area contributed by atoms with E-state index in [1.165, 1.54) is 0 Å². The van der Waals surface area contributed by atoms with Gasteiger partial charge in [0.1, 0.15) is 5.82 Å². The molecule has 1 amide bonds. The van der Waals surface area contributed by atoms with E-state index in [2.05, 4.69) is 25.5 Å². The van der Waals surface area contributed by atoms with Crippen LogP contribution in [0.15, 0.2) is 42.6 Å². The molecule has 0 saturated carbocycles. The number of carbonyl (C=O) groups excluding carboxylic acids is 1. The van der Waals surface area contributed by atoms with E-state index < -0.39 is 0 Å². The van der Waals surface area contributed by atoms with Crippen molar-refractivity contribution in [1.82, 2.24) is 15.3 Å². The summed E-state index contributed by atoms with van der Waals surface area (Å²) in [6.07, 6.45) is 1.67. The Balaban J connectivity index is 1.72. The molecule has 2 heterocycles. The van der Waals surface area contributed by atoms with Gasteiger partial charge in [-0.05, 0) is 18.2 Å². The number of aromatic nitrogens is 2. The lowest BCUT2D eigenvalue weighted by Gasteiger charge is -2.27. The van der Waals surface area contributed by atoms with Gasteiger partial charge in [0.15, 0.2) is 0 Å². The highest BCUT2D eigenvalue weighted by atomic mass is 16.1. The average Bonchev–Trinajstić information content (AvgIpc) is 2.57. The summed E-state index contributed by atoms with van der Waals surface area (Å²) < 4.78 is 0. The van der Waals surface area contributed by atoms with Gasteiger partial charge in [0.2, 0.25) is 5.95 Å². The van der Waals surface area contributed by atoms with Crippen molar-refractivity contribution in [2.75, 3.05) is 36.4 Å². The van der Waals surface area contributed by atoms with Gasteiger partial charge in [-0.2, -0.15) is 4.98 Å². The molecule has 0 atom stereocenters. The Labute approximate surface area is 123 Å². The first kappa shape index (κ1) is 13.5. The van der Waals surface area contributed by atoms with E-state index in [9.17, 15) is 4.79 Å². The van der Waals surface area contributed by atoms with Crippen LogP contribution in [0.1, 0.15) is 10.4 Å². The zero-order valence-electron chi connectivity index (χ0n) is 11.6. The Kier molecular flexibility index (Phi) is 4.07. The fraction of sp³-hybridized carbons (Fsp3) is 0.267. The van der Waals surface area contributed by atoms with Crippen LogP contribution in [-0.2, 0) is 0 Å². The molecule has 2 N–H and O–H groups in total. The molecular weight excluding hydrogens is 266 g/mol. The first-order valence-electron chi connectivity index (χ1n) is 6.98. The van der Waals surface area contributed by atoms with Crippen LogP contribution in [0.2, 0.25) is 0 Å². The van der Waals surface area contributed by atoms with E-state index >= 15 is 0 Å². The lowest BCUT2D eigenvalue weighted by molar-refractivity contribution is 0.102. The molecule has 0 bridgehead atoms. The maximum Gasteiger partial charge on any atom is 0.256 e. The summed E-state index contributed by atoms with van der Waals surface area (Å²) in [7, 11) is 0. The van der Waals surface area contributed by atoms with Crippen molar-refractivity contribution in [2.45, 2.75) is 0 Å². The molecule has 1 fully saturated rings. The Bertz CT molecular complexity index is 610. The summed E-state index contributed by atoms with van der Waals surface area (Å²) in [5, 5.41) is 6.09. The topological polar surface area (TPSA) is 70.2 Å². The molecule has 1 aliphatic rings. The predicted octanol–water partition coefficient (Wildman–Crippen LogP) is 1.14. The lowest BCUT2D eigenvalue weighted by atomic mass is 10.2. The predicted molar refractivity (Wildman–Crippen MR) is 81.5 cm³/mol. The van der Waals surface area contributed by atoms with Crippen LogP contribution in [-0.4, -0.2) is 42.1 Å². The summed E-state index contributed by atoms with van der Waals surface area (Å²) in [4.78, 5) is 22.9. The standard InChI is InChI=1S/C15H17N5O/c21-14(12-4-2-1-3-5-12)18-13-6-7-17-15(19-13)20-10-8-16-9-11-20/h1-7,16H,8-11H2,(H,17,18,19,21). The van der Waals surface area contributed by atoms with Crippen LogP contribution in [0.25, 0.3) is 0 Å². The molecule has 1 aromatic carbocycles. The van der Waals surface area contributed by atoms with Crippen LogP contribution in [0.4, 0.5) is 11.8 Å². The first-order chi connectivity index (χ1) is 10.3. The number of nitrogens with zero attached hydrogens (tertiary/aromatic N) is 3. The van der Waals surface area contributed by atoms with Crippen molar-refractivity contribution in [3.63, 3.8) is 0 Å². The normalized spacial score (nSPS) is 14.8. The van der Waals surface area contributed by atoms with E-state index in [4.69, 9.17) is 0 Å². The van der Waals surface area contributed by atoms with Crippen LogP contribution < -0.4 is 15.5 Å². The van der Waals surface area contributed by atoms with Gasteiger partial charge in [0, 0.05) is 37.9 Å². The molecule has 6 heteroatoms. The molecule has 0 aliphatic carbocycles. The van der Waals surface area contributed by atoms with Crippen LogP contribution >= 0.6 is 0 Å². The molecule has 21 heavy (non-hydrogen) atoms. The molecule has 0 spiro atoms. The number of nitrogens with one attached hydrogen (secondary N) is 2. The maximum absolute atomic E-state index is 12.1. The molecule has 1 aromatic heterocycles. The molecular formula is C15H17N5O. The molecule has 1 aliphatic heterocycles. The Hall–Kier alpha value is -2.47. The van der Waals surface area contributed by atoms with E-state index in [1.807, 2.05) is 18.2 Å². The van der Waals surface area contributed by atoms with Crippen molar-refractivity contribution >= 4 is 17.7 Å². The molecule has 2 aromatic rings. The fourth-order valence-corrected chi connectivity index (χ4v) is 2.21. The van der Waals surface area contributed by atoms with Crippen molar-refractivity contribution in [3.8, 4) is 0 Å². The van der Waals surface area contributed by atoms with Gasteiger partial charge in [0.05, 0.1) is 0 Å². The number of rotatable bonds is 3. The summed E-state index contributed by atoms with van der Waals surface area (Å²) in [6.45, 7) is 3.58. The van der Waals surface area contributed by atoms with Crippen molar-refractivity contribution < 1.29 is 4.79 Å². The minimum absolute atomic E-state index is 0.166. The highest BCUT2D eigenvalue weighted by molar-refractivity contribution is 6.03. The fourth-order valence-electron chi connectivity index (χ4n) is 2.21. The molecule has 3 rings (SSSR count). The van der Waals surface area contributed by atoms with Crippen LogP contribution in [0.3, 0.4) is 0 Å². The monoisotopic (exact) mass is 283 g/mol. The minimum atomic E-state index is -0.166. The number of hydrogen-bond acceptors (Lipinski definition) is 5. The summed E-state index contributed by atoms with van der Waals surface area (Å²) in [5.74, 6) is 1.01. The number of hydrogen-bond donors (Lipinski definition) is 2. The zero-order valence-corrected chi connectivity index (χ0v) is 11.6. The Morgan fingerprint density at radius 3 is 2.67 bits per heavy atom. The summed E-state index contributed by atoms with van der Waals surface area (Å²) in [5.41, 5.74) is 0.611. The number of benzene rings is 1. The second-order valence-electron chi connectivity index (χ2n) is 4.80. The molecule has 108 valence electrons. The molecule has 1 saturated heterocycles. The van der Waals surface area contributed by atoms with Gasteiger partial charge >= 0.3 is 0 Å². The quantitative estimate of drug-likeness (QED) is 0.884. The number of amides is 1. The van der Waals surface area contributed by atoms with E-state index in [1.54, 1.807) is 24.4 Å². The largest absolute Gasteiger partial charge is 0.338 e. The minimum Gasteiger partial charge on any atom is -0.338 e. The third-order valence-electron chi connectivity index (χ3n) is 3.32. The summed E-state index contributed by atoms with van der Waals surface area (Å²) >= 11 is 0. The highest BCUT2D eigenvalue weighted by Crippen LogP contribution is 2.12. The van der Waals surface area contributed by atoms with Crippen molar-refractivity contribution in [2.24, 2.45) is 0 Å². The second kappa shape index (κ2) is 6.32. The van der Waals surface area contributed by atoms with Gasteiger partial charge in [-0.1, -0.05) is 18.2 Å². The molecule has 6 nitrogen and oxygen atoms in total. The van der Waals surface area contributed by atoms with Gasteiger partial charge in [-0.15, -0.1) is 0 Å². The molecule has 0 unspecified atom stereocenters. The average molecular weight is 283 g/mol. The maximum atomic E-state index is 12.1. The van der Waals surface area contributed by atoms with Gasteiger partial charge in [-0.25, -0.2) is 4.98 Å². The first-order valence-corrected chi connectivity index (χ1v) is 6.98. The van der Waals surface area contributed by atoms with E-state index in [0.717, 1.165) is 26.2 Å². The Morgan fingerprint density at radius 2 is 1.90 bits per heavy atom. The van der Waals surface area contributed by atoms with E-state index in [0.29, 0.717) is 17.3 Å². The summed E-state index contributed by atoms with van der Waals surface area (Å²) in [6, 6.07) is 10.8. The zero-order chi connectivity index (χ0) is 14.5. The number of anilines is 2. The van der Waals surface area contributed by atoms with Crippen LogP contribution in [0, 0.1) is 0 Å². The van der Waals surface area contributed by atoms with Gasteiger partial charge in [0.25, 0.3) is 5.91 Å². The van der Waals surface area contributed by atoms with E-state index in [-0.39, 0.29) is 5.91 Å². The number of piperazine rings is 1. The third kappa shape index (κ3) is 3.35. The van der Waals surface area contributed by atoms with Crippen LogP contribution in [0.5, 0.6) is 0 Å².